The standard InChI is InChI=1S/C11H24N2O2/c1-15-10-11(14)9-12-5-4-8-13-6-2-3-7-13/h11-12,14H,2-10H2,1H3. The molecule has 0 aliphatic carbocycles. The molecule has 0 spiro atoms. The molecule has 15 heavy (non-hydrogen) atoms. The third kappa shape index (κ3) is 6.10. The summed E-state index contributed by atoms with van der Waals surface area (Å²) in [6.45, 7) is 5.76. The number of nitrogens with one attached hydrogen (secondary N) is 1. The smallest absolute Gasteiger partial charge is 0.0897 e. The highest BCUT2D eigenvalue weighted by atomic mass is 16.5. The fourth-order valence-electron chi connectivity index (χ4n) is 1.95. The van der Waals surface area contributed by atoms with Gasteiger partial charge in [0.05, 0.1) is 12.7 Å². The van der Waals surface area contributed by atoms with Gasteiger partial charge in [-0.3, -0.25) is 0 Å². The van der Waals surface area contributed by atoms with Gasteiger partial charge in [0.1, 0.15) is 0 Å². The minimum absolute atomic E-state index is 0.373. The van der Waals surface area contributed by atoms with E-state index in [1.807, 2.05) is 0 Å². The summed E-state index contributed by atoms with van der Waals surface area (Å²) in [5.41, 5.74) is 0. The Hall–Kier alpha value is -0.160. The van der Waals surface area contributed by atoms with E-state index < -0.39 is 0 Å². The van der Waals surface area contributed by atoms with E-state index in [-0.39, 0.29) is 6.10 Å². The van der Waals surface area contributed by atoms with Crippen molar-refractivity contribution in [2.45, 2.75) is 25.4 Å². The van der Waals surface area contributed by atoms with Gasteiger partial charge in [0.2, 0.25) is 0 Å². The van der Waals surface area contributed by atoms with E-state index in [1.54, 1.807) is 7.11 Å². The van der Waals surface area contributed by atoms with Gasteiger partial charge in [-0.1, -0.05) is 0 Å². The van der Waals surface area contributed by atoms with Gasteiger partial charge in [-0.05, 0) is 45.4 Å². The summed E-state index contributed by atoms with van der Waals surface area (Å²) in [5.74, 6) is 0. The Labute approximate surface area is 92.6 Å². The Morgan fingerprint density at radius 2 is 2.13 bits per heavy atom. The van der Waals surface area contributed by atoms with E-state index in [1.165, 1.54) is 38.9 Å². The molecule has 0 bridgehead atoms. The molecule has 1 aliphatic heterocycles. The summed E-state index contributed by atoms with van der Waals surface area (Å²) in [7, 11) is 1.61. The van der Waals surface area contributed by atoms with Crippen molar-refractivity contribution in [1.29, 1.82) is 0 Å². The van der Waals surface area contributed by atoms with Crippen LogP contribution in [0.2, 0.25) is 0 Å². The zero-order valence-electron chi connectivity index (χ0n) is 9.74. The normalized spacial score (nSPS) is 19.6. The van der Waals surface area contributed by atoms with Gasteiger partial charge in [0.15, 0.2) is 0 Å². The number of aliphatic hydroxyl groups is 1. The topological polar surface area (TPSA) is 44.7 Å². The van der Waals surface area contributed by atoms with Crippen molar-refractivity contribution >= 4 is 0 Å². The van der Waals surface area contributed by atoms with Crippen LogP contribution in [0, 0.1) is 0 Å². The molecule has 0 aromatic carbocycles. The first kappa shape index (κ1) is 12.9. The maximum absolute atomic E-state index is 9.36. The lowest BCUT2D eigenvalue weighted by Crippen LogP contribution is -2.32. The van der Waals surface area contributed by atoms with Gasteiger partial charge in [0, 0.05) is 13.7 Å². The number of methoxy groups -OCH3 is 1. The molecule has 1 aliphatic rings. The molecule has 90 valence electrons. The van der Waals surface area contributed by atoms with Crippen LogP contribution in [-0.2, 0) is 4.74 Å². The highest BCUT2D eigenvalue weighted by molar-refractivity contribution is 4.66. The maximum Gasteiger partial charge on any atom is 0.0897 e. The molecular formula is C11H24N2O2. The molecule has 0 radical (unpaired) electrons. The van der Waals surface area contributed by atoms with Crippen LogP contribution in [0.25, 0.3) is 0 Å². The summed E-state index contributed by atoms with van der Waals surface area (Å²) in [5, 5.41) is 12.6. The zero-order chi connectivity index (χ0) is 10.9. The second-order valence-electron chi connectivity index (χ2n) is 4.22. The van der Waals surface area contributed by atoms with Crippen molar-refractivity contribution in [2.24, 2.45) is 0 Å². The quantitative estimate of drug-likeness (QED) is 0.564. The van der Waals surface area contributed by atoms with Crippen LogP contribution in [0.1, 0.15) is 19.3 Å². The van der Waals surface area contributed by atoms with E-state index in [9.17, 15) is 5.11 Å². The Balaban J connectivity index is 1.84. The Morgan fingerprint density at radius 1 is 1.40 bits per heavy atom. The third-order valence-electron chi connectivity index (χ3n) is 2.77. The summed E-state index contributed by atoms with van der Waals surface area (Å²) in [4.78, 5) is 2.51. The summed E-state index contributed by atoms with van der Waals surface area (Å²) < 4.78 is 4.84. The van der Waals surface area contributed by atoms with Crippen molar-refractivity contribution < 1.29 is 9.84 Å². The molecule has 4 heteroatoms. The van der Waals surface area contributed by atoms with Crippen molar-refractivity contribution in [3.05, 3.63) is 0 Å². The molecule has 0 saturated carbocycles. The van der Waals surface area contributed by atoms with E-state index in [0.29, 0.717) is 13.2 Å². The third-order valence-corrected chi connectivity index (χ3v) is 2.77. The van der Waals surface area contributed by atoms with Gasteiger partial charge in [0.25, 0.3) is 0 Å². The van der Waals surface area contributed by atoms with Crippen molar-refractivity contribution in [2.75, 3.05) is 46.4 Å². The molecule has 1 rings (SSSR count). The minimum atomic E-state index is -0.373. The number of rotatable bonds is 8. The van der Waals surface area contributed by atoms with Crippen LogP contribution in [0.15, 0.2) is 0 Å². The molecule has 4 nitrogen and oxygen atoms in total. The molecule has 1 atom stereocenters. The molecule has 1 heterocycles. The average molecular weight is 216 g/mol. The van der Waals surface area contributed by atoms with E-state index >= 15 is 0 Å². The summed E-state index contributed by atoms with van der Waals surface area (Å²) >= 11 is 0. The van der Waals surface area contributed by atoms with Gasteiger partial charge < -0.3 is 20.1 Å². The lowest BCUT2D eigenvalue weighted by Gasteiger charge is -2.15. The molecule has 1 fully saturated rings. The predicted octanol–water partition coefficient (Wildman–Crippen LogP) is 0.0692. The second-order valence-corrected chi connectivity index (χ2v) is 4.22. The Kier molecular flexibility index (Phi) is 6.92. The number of hydrogen-bond acceptors (Lipinski definition) is 4. The van der Waals surface area contributed by atoms with Gasteiger partial charge in [-0.2, -0.15) is 0 Å². The first-order chi connectivity index (χ1) is 7.33. The summed E-state index contributed by atoms with van der Waals surface area (Å²) in [6.07, 6.45) is 3.52. The molecular weight excluding hydrogens is 192 g/mol. The molecule has 1 unspecified atom stereocenters. The fourth-order valence-corrected chi connectivity index (χ4v) is 1.95. The largest absolute Gasteiger partial charge is 0.389 e. The number of ether oxygens (including phenoxy) is 1. The van der Waals surface area contributed by atoms with Gasteiger partial charge in [-0.15, -0.1) is 0 Å². The van der Waals surface area contributed by atoms with Gasteiger partial charge >= 0.3 is 0 Å². The lowest BCUT2D eigenvalue weighted by molar-refractivity contribution is 0.0646. The van der Waals surface area contributed by atoms with E-state index in [2.05, 4.69) is 10.2 Å². The number of aliphatic hydroxyl groups excluding tert-OH is 1. The highest BCUT2D eigenvalue weighted by Crippen LogP contribution is 2.06. The van der Waals surface area contributed by atoms with Crippen LogP contribution in [0.4, 0.5) is 0 Å². The van der Waals surface area contributed by atoms with Crippen LogP contribution < -0.4 is 5.32 Å². The monoisotopic (exact) mass is 216 g/mol. The number of nitrogens with zero attached hydrogens (tertiary/aromatic N) is 1. The second kappa shape index (κ2) is 8.05. The average Bonchev–Trinajstić information content (AvgIpc) is 2.70. The molecule has 1 saturated heterocycles. The molecule has 0 aromatic rings. The van der Waals surface area contributed by atoms with Gasteiger partial charge in [-0.25, -0.2) is 0 Å². The molecule has 0 aromatic heterocycles. The van der Waals surface area contributed by atoms with E-state index in [0.717, 1.165) is 6.54 Å². The SMILES string of the molecule is COCC(O)CNCCCN1CCCC1. The van der Waals surface area contributed by atoms with Crippen LogP contribution in [0.3, 0.4) is 0 Å². The first-order valence-corrected chi connectivity index (χ1v) is 5.93. The molecule has 0 amide bonds. The highest BCUT2D eigenvalue weighted by Gasteiger charge is 2.10. The Morgan fingerprint density at radius 3 is 2.80 bits per heavy atom. The number of hydrogen-bond donors (Lipinski definition) is 2. The lowest BCUT2D eigenvalue weighted by atomic mass is 10.3. The Bertz CT molecular complexity index is 150. The van der Waals surface area contributed by atoms with Crippen molar-refractivity contribution in [3.8, 4) is 0 Å². The zero-order valence-corrected chi connectivity index (χ0v) is 9.74. The minimum Gasteiger partial charge on any atom is -0.389 e. The van der Waals surface area contributed by atoms with E-state index in [4.69, 9.17) is 4.74 Å². The first-order valence-electron chi connectivity index (χ1n) is 5.93. The predicted molar refractivity (Wildman–Crippen MR) is 61.0 cm³/mol. The van der Waals surface area contributed by atoms with Crippen LogP contribution in [0.5, 0.6) is 0 Å². The number of likely N-dealkylation sites (tertiary alicyclic amines) is 1. The van der Waals surface area contributed by atoms with Crippen molar-refractivity contribution in [3.63, 3.8) is 0 Å². The van der Waals surface area contributed by atoms with Crippen LogP contribution >= 0.6 is 0 Å². The molecule has 2 N–H and O–H groups in total. The summed E-state index contributed by atoms with van der Waals surface area (Å²) in [6, 6.07) is 0. The van der Waals surface area contributed by atoms with Crippen molar-refractivity contribution in [1.82, 2.24) is 10.2 Å². The van der Waals surface area contributed by atoms with Crippen LogP contribution in [-0.4, -0.2) is 62.6 Å². The maximum atomic E-state index is 9.36. The fraction of sp³-hybridized carbons (Fsp3) is 1.00.